The molecule has 6 heteroatoms. The number of pyridine rings is 1. The average Bonchev–Trinajstić information content (AvgIpc) is 2.56. The molecule has 0 unspecified atom stereocenters. The van der Waals surface area contributed by atoms with Crippen molar-refractivity contribution in [3.63, 3.8) is 0 Å². The molecule has 0 fully saturated rings. The van der Waals surface area contributed by atoms with E-state index in [-0.39, 0.29) is 41.1 Å². The summed E-state index contributed by atoms with van der Waals surface area (Å²) in [6, 6.07) is 3.27. The van der Waals surface area contributed by atoms with Crippen molar-refractivity contribution in [1.82, 2.24) is 4.98 Å². The maximum atomic E-state index is 12.8. The molecule has 0 radical (unpaired) electrons. The van der Waals surface area contributed by atoms with E-state index < -0.39 is 10.9 Å². The van der Waals surface area contributed by atoms with Crippen LogP contribution < -0.4 is 21.1 Å². The first kappa shape index (κ1) is 19.8. The molecule has 0 aliphatic carbocycles. The molecular formula is C20H27N3O3. The predicted molar refractivity (Wildman–Crippen MR) is 105 cm³/mol. The van der Waals surface area contributed by atoms with Gasteiger partial charge in [0.15, 0.2) is 0 Å². The van der Waals surface area contributed by atoms with Crippen LogP contribution in [-0.4, -0.2) is 16.9 Å². The van der Waals surface area contributed by atoms with E-state index in [4.69, 9.17) is 0 Å². The Kier molecular flexibility index (Phi) is 5.64. The van der Waals surface area contributed by atoms with E-state index in [1.807, 2.05) is 41.5 Å². The fraction of sp³-hybridized carbons (Fsp3) is 0.500. The van der Waals surface area contributed by atoms with Gasteiger partial charge in [-0.3, -0.25) is 24.3 Å². The van der Waals surface area contributed by atoms with Crippen molar-refractivity contribution in [3.05, 3.63) is 45.0 Å². The molecule has 140 valence electrons. The molecule has 26 heavy (non-hydrogen) atoms. The van der Waals surface area contributed by atoms with Crippen LogP contribution in [0.15, 0.2) is 34.1 Å². The highest BCUT2D eigenvalue weighted by Crippen LogP contribution is 2.32. The molecule has 0 saturated carbocycles. The lowest BCUT2D eigenvalue weighted by Gasteiger charge is -2.32. The fourth-order valence-corrected chi connectivity index (χ4v) is 2.49. The van der Waals surface area contributed by atoms with Crippen LogP contribution in [0.2, 0.25) is 0 Å². The van der Waals surface area contributed by atoms with E-state index in [0.29, 0.717) is 5.69 Å². The van der Waals surface area contributed by atoms with Crippen LogP contribution in [0.25, 0.3) is 0 Å². The zero-order valence-corrected chi connectivity index (χ0v) is 16.3. The van der Waals surface area contributed by atoms with Crippen LogP contribution in [0.5, 0.6) is 0 Å². The van der Waals surface area contributed by atoms with Gasteiger partial charge in [-0.25, -0.2) is 0 Å². The Bertz CT molecular complexity index is 843. The summed E-state index contributed by atoms with van der Waals surface area (Å²) in [6.07, 6.45) is 3.39. The second kappa shape index (κ2) is 7.40. The Hall–Kier alpha value is -2.50. The first-order valence-electron chi connectivity index (χ1n) is 8.86. The van der Waals surface area contributed by atoms with Gasteiger partial charge in [-0.1, -0.05) is 34.6 Å². The Morgan fingerprint density at radius 3 is 2.19 bits per heavy atom. The fourth-order valence-electron chi connectivity index (χ4n) is 2.49. The van der Waals surface area contributed by atoms with Gasteiger partial charge in [0.05, 0.1) is 5.69 Å². The number of nitrogens with one attached hydrogen (secondary N) is 1. The standard InChI is InChI=1S/C20H27N3O3/c1-12(2)11-15(24)23(14-7-9-21-10-8-14)17-16(18(25)19(17)26)22-13(3)20(4,5)6/h7-10,12-13,22H,11H2,1-6H3/t13-/m1/s1. The van der Waals surface area contributed by atoms with E-state index >= 15 is 0 Å². The second-order valence-corrected chi connectivity index (χ2v) is 8.15. The average molecular weight is 357 g/mol. The molecule has 1 atom stereocenters. The molecule has 1 heterocycles. The zero-order chi connectivity index (χ0) is 19.6. The number of rotatable bonds is 6. The van der Waals surface area contributed by atoms with Crippen molar-refractivity contribution in [2.45, 2.75) is 54.0 Å². The second-order valence-electron chi connectivity index (χ2n) is 8.15. The summed E-state index contributed by atoms with van der Waals surface area (Å²) in [6.45, 7) is 12.0. The van der Waals surface area contributed by atoms with Gasteiger partial charge in [-0.15, -0.1) is 0 Å². The number of carbonyl (C=O) groups excluding carboxylic acids is 1. The van der Waals surface area contributed by atoms with Crippen LogP contribution in [-0.2, 0) is 4.79 Å². The van der Waals surface area contributed by atoms with Crippen molar-refractivity contribution >= 4 is 23.0 Å². The van der Waals surface area contributed by atoms with E-state index in [1.165, 1.54) is 4.90 Å². The van der Waals surface area contributed by atoms with Crippen molar-refractivity contribution in [2.75, 3.05) is 10.2 Å². The van der Waals surface area contributed by atoms with Crippen molar-refractivity contribution in [3.8, 4) is 0 Å². The van der Waals surface area contributed by atoms with Crippen molar-refractivity contribution in [2.24, 2.45) is 11.3 Å². The van der Waals surface area contributed by atoms with Gasteiger partial charge in [-0.2, -0.15) is 0 Å². The molecule has 0 aliphatic rings. The number of amides is 1. The molecule has 1 N–H and O–H groups in total. The van der Waals surface area contributed by atoms with Crippen molar-refractivity contribution in [1.29, 1.82) is 0 Å². The maximum Gasteiger partial charge on any atom is 0.254 e. The van der Waals surface area contributed by atoms with Gasteiger partial charge in [0.2, 0.25) is 5.91 Å². The van der Waals surface area contributed by atoms with Crippen LogP contribution in [0.4, 0.5) is 17.1 Å². The lowest BCUT2D eigenvalue weighted by molar-refractivity contribution is -0.118. The third kappa shape index (κ3) is 4.00. The number of carbonyl (C=O) groups is 1. The third-order valence-electron chi connectivity index (χ3n) is 4.52. The van der Waals surface area contributed by atoms with E-state index in [9.17, 15) is 14.4 Å². The number of hydrogen-bond donors (Lipinski definition) is 1. The Morgan fingerprint density at radius 2 is 1.69 bits per heavy atom. The zero-order valence-electron chi connectivity index (χ0n) is 16.3. The molecule has 0 spiro atoms. The number of aromatic nitrogens is 1. The summed E-state index contributed by atoms with van der Waals surface area (Å²) >= 11 is 0. The molecular weight excluding hydrogens is 330 g/mol. The van der Waals surface area contributed by atoms with E-state index in [1.54, 1.807) is 24.5 Å². The summed E-state index contributed by atoms with van der Waals surface area (Å²) in [5.74, 6) is -0.0898. The monoisotopic (exact) mass is 357 g/mol. The first-order chi connectivity index (χ1) is 12.0. The molecule has 2 rings (SSSR count). The lowest BCUT2D eigenvalue weighted by atomic mass is 9.87. The van der Waals surface area contributed by atoms with Gasteiger partial charge in [0.25, 0.3) is 10.9 Å². The Morgan fingerprint density at radius 1 is 1.12 bits per heavy atom. The third-order valence-corrected chi connectivity index (χ3v) is 4.52. The molecule has 6 nitrogen and oxygen atoms in total. The summed E-state index contributed by atoms with van der Waals surface area (Å²) < 4.78 is 0. The minimum absolute atomic E-state index is 0.0518. The smallest absolute Gasteiger partial charge is 0.254 e. The number of hydrogen-bond acceptors (Lipinski definition) is 5. The summed E-state index contributed by atoms with van der Waals surface area (Å²) in [7, 11) is 0. The molecule has 1 aromatic carbocycles. The number of nitrogens with zero attached hydrogens (tertiary/aromatic N) is 2. The molecule has 1 amide bonds. The lowest BCUT2D eigenvalue weighted by Crippen LogP contribution is -2.45. The summed E-state index contributed by atoms with van der Waals surface area (Å²) in [4.78, 5) is 42.7. The predicted octanol–water partition coefficient (Wildman–Crippen LogP) is 3.23. The van der Waals surface area contributed by atoms with Gasteiger partial charge in [0, 0.05) is 24.9 Å². The number of anilines is 3. The van der Waals surface area contributed by atoms with Crippen LogP contribution in [0, 0.1) is 11.3 Å². The molecule has 0 bridgehead atoms. The summed E-state index contributed by atoms with van der Waals surface area (Å²) in [5, 5.41) is 3.14. The summed E-state index contributed by atoms with van der Waals surface area (Å²) in [5.41, 5.74) is -0.450. The Balaban J connectivity index is 2.50. The largest absolute Gasteiger partial charge is 0.377 e. The van der Waals surface area contributed by atoms with Gasteiger partial charge in [0.1, 0.15) is 11.4 Å². The van der Waals surface area contributed by atoms with Crippen LogP contribution >= 0.6 is 0 Å². The minimum Gasteiger partial charge on any atom is -0.377 e. The van der Waals surface area contributed by atoms with E-state index in [2.05, 4.69) is 10.3 Å². The normalized spacial score (nSPS) is 13.0. The molecule has 0 aliphatic heterocycles. The highest BCUT2D eigenvalue weighted by atomic mass is 16.2. The highest BCUT2D eigenvalue weighted by molar-refractivity contribution is 6.04. The SMILES string of the molecule is CC(C)CC(=O)N(c1ccncc1)c1c(N[C@H](C)C(C)(C)C)c(=O)c1=O. The Labute approximate surface area is 153 Å². The highest BCUT2D eigenvalue weighted by Gasteiger charge is 2.33. The van der Waals surface area contributed by atoms with Crippen LogP contribution in [0.1, 0.15) is 48.0 Å². The minimum atomic E-state index is -0.637. The molecule has 2 aromatic rings. The van der Waals surface area contributed by atoms with Gasteiger partial charge >= 0.3 is 0 Å². The maximum absolute atomic E-state index is 12.8. The first-order valence-corrected chi connectivity index (χ1v) is 8.86. The van der Waals surface area contributed by atoms with Crippen molar-refractivity contribution < 1.29 is 4.79 Å². The molecule has 0 saturated heterocycles. The van der Waals surface area contributed by atoms with E-state index in [0.717, 1.165) is 0 Å². The van der Waals surface area contributed by atoms with Gasteiger partial charge in [-0.05, 0) is 30.4 Å². The molecule has 1 aromatic heterocycles. The quantitative estimate of drug-likeness (QED) is 0.803. The topological polar surface area (TPSA) is 79.4 Å². The van der Waals surface area contributed by atoms with Crippen LogP contribution in [0.3, 0.4) is 0 Å². The van der Waals surface area contributed by atoms with Gasteiger partial charge < -0.3 is 5.32 Å².